The van der Waals surface area contributed by atoms with Crippen LogP contribution >= 0.6 is 0 Å². The van der Waals surface area contributed by atoms with Crippen LogP contribution in [0.1, 0.15) is 12.5 Å². The number of nitrogens with two attached hydrogens (primary N) is 1. The molecule has 0 aliphatic carbocycles. The summed E-state index contributed by atoms with van der Waals surface area (Å²) in [7, 11) is 1.70. The van der Waals surface area contributed by atoms with Gasteiger partial charge in [0.15, 0.2) is 0 Å². The highest BCUT2D eigenvalue weighted by molar-refractivity contribution is 5.47. The normalized spacial score (nSPS) is 17.5. The molecule has 0 amide bonds. The summed E-state index contributed by atoms with van der Waals surface area (Å²) in [5.41, 5.74) is 7.76. The van der Waals surface area contributed by atoms with E-state index >= 15 is 0 Å². The summed E-state index contributed by atoms with van der Waals surface area (Å²) < 4.78 is 5.31. The zero-order valence-electron chi connectivity index (χ0n) is 9.36. The van der Waals surface area contributed by atoms with E-state index < -0.39 is 0 Å². The van der Waals surface area contributed by atoms with Crippen molar-refractivity contribution in [3.63, 3.8) is 0 Å². The summed E-state index contributed by atoms with van der Waals surface area (Å²) in [4.78, 5) is 2.40. The molecule has 0 aromatic heterocycles. The maximum Gasteiger partial charge on any atom is 0.123 e. The number of nitrogen functional groups attached to an aromatic ring is 1. The van der Waals surface area contributed by atoms with E-state index in [1.165, 1.54) is 18.7 Å². The lowest BCUT2D eigenvalue weighted by Crippen LogP contribution is -2.44. The zero-order chi connectivity index (χ0) is 10.8. The maximum absolute atomic E-state index is 5.77. The van der Waals surface area contributed by atoms with Crippen molar-refractivity contribution in [1.29, 1.82) is 0 Å². The lowest BCUT2D eigenvalue weighted by atomic mass is 10.0. The minimum atomic E-state index is 0.805. The van der Waals surface area contributed by atoms with Gasteiger partial charge in [0.05, 0.1) is 7.11 Å². The van der Waals surface area contributed by atoms with Crippen LogP contribution in [0.25, 0.3) is 0 Å². The van der Waals surface area contributed by atoms with E-state index in [0.717, 1.165) is 23.9 Å². The molecule has 1 heterocycles. The quantitative estimate of drug-likeness (QED) is 0.765. The minimum Gasteiger partial charge on any atom is -0.496 e. The highest BCUT2D eigenvalue weighted by Gasteiger charge is 2.23. The molecule has 1 saturated heterocycles. The molecular formula is C12H18N2O. The molecular weight excluding hydrogens is 188 g/mol. The van der Waals surface area contributed by atoms with Crippen LogP contribution in [0.5, 0.6) is 5.75 Å². The molecule has 1 fully saturated rings. The summed E-state index contributed by atoms with van der Waals surface area (Å²) in [6.07, 6.45) is 0. The number of anilines is 1. The Hall–Kier alpha value is -1.22. The summed E-state index contributed by atoms with van der Waals surface area (Å²) in [6.45, 7) is 5.57. The molecule has 0 radical (unpaired) electrons. The molecule has 0 saturated carbocycles. The number of rotatable bonds is 3. The van der Waals surface area contributed by atoms with Gasteiger partial charge >= 0.3 is 0 Å². The van der Waals surface area contributed by atoms with Crippen LogP contribution < -0.4 is 10.5 Å². The van der Waals surface area contributed by atoms with Crippen LogP contribution in [0.3, 0.4) is 0 Å². The van der Waals surface area contributed by atoms with Gasteiger partial charge in [0.2, 0.25) is 0 Å². The molecule has 15 heavy (non-hydrogen) atoms. The van der Waals surface area contributed by atoms with Gasteiger partial charge < -0.3 is 10.5 Å². The molecule has 82 valence electrons. The fourth-order valence-corrected chi connectivity index (χ4v) is 2.12. The fraction of sp³-hybridized carbons (Fsp3) is 0.500. The molecule has 1 aromatic carbocycles. The van der Waals surface area contributed by atoms with Gasteiger partial charge in [0, 0.05) is 30.9 Å². The predicted molar refractivity (Wildman–Crippen MR) is 61.8 cm³/mol. The molecule has 1 aromatic rings. The molecule has 2 N–H and O–H groups in total. The summed E-state index contributed by atoms with van der Waals surface area (Å²) in [6, 6.07) is 5.82. The number of hydrogen-bond acceptors (Lipinski definition) is 3. The number of benzene rings is 1. The highest BCUT2D eigenvalue weighted by atomic mass is 16.5. The molecule has 0 atom stereocenters. The minimum absolute atomic E-state index is 0.805. The highest BCUT2D eigenvalue weighted by Crippen LogP contribution is 2.25. The van der Waals surface area contributed by atoms with Gasteiger partial charge in [-0.2, -0.15) is 0 Å². The van der Waals surface area contributed by atoms with E-state index in [1.807, 2.05) is 18.2 Å². The number of ether oxygens (including phenoxy) is 1. The first-order valence-corrected chi connectivity index (χ1v) is 5.34. The zero-order valence-corrected chi connectivity index (χ0v) is 9.36. The second kappa shape index (κ2) is 4.11. The lowest BCUT2D eigenvalue weighted by molar-refractivity contribution is 0.104. The van der Waals surface area contributed by atoms with E-state index in [0.29, 0.717) is 0 Å². The van der Waals surface area contributed by atoms with E-state index in [4.69, 9.17) is 10.5 Å². The van der Waals surface area contributed by atoms with Crippen molar-refractivity contribution in [2.75, 3.05) is 25.9 Å². The van der Waals surface area contributed by atoms with Gasteiger partial charge in [-0.3, -0.25) is 4.90 Å². The van der Waals surface area contributed by atoms with Crippen LogP contribution in [0.4, 0.5) is 5.69 Å². The molecule has 0 bridgehead atoms. The van der Waals surface area contributed by atoms with Crippen LogP contribution in [-0.2, 0) is 6.54 Å². The Morgan fingerprint density at radius 3 is 2.80 bits per heavy atom. The molecule has 3 heteroatoms. The van der Waals surface area contributed by atoms with Crippen molar-refractivity contribution >= 4 is 5.69 Å². The van der Waals surface area contributed by atoms with Crippen LogP contribution in [0.15, 0.2) is 18.2 Å². The first-order valence-electron chi connectivity index (χ1n) is 5.34. The fourth-order valence-electron chi connectivity index (χ4n) is 2.12. The molecule has 1 aliphatic rings. The van der Waals surface area contributed by atoms with Crippen molar-refractivity contribution in [1.82, 2.24) is 4.90 Å². The predicted octanol–water partition coefficient (Wildman–Crippen LogP) is 1.73. The van der Waals surface area contributed by atoms with Gasteiger partial charge in [-0.05, 0) is 24.1 Å². The number of methoxy groups -OCH3 is 1. The topological polar surface area (TPSA) is 38.5 Å². The Bertz CT molecular complexity index is 345. The smallest absolute Gasteiger partial charge is 0.123 e. The molecule has 1 aliphatic heterocycles. The molecule has 2 rings (SSSR count). The van der Waals surface area contributed by atoms with E-state index in [9.17, 15) is 0 Å². The standard InChI is InChI=1S/C12H18N2O/c1-9-6-14(7-9)8-10-5-11(13)3-4-12(10)15-2/h3-5,9H,6-8,13H2,1-2H3. The van der Waals surface area contributed by atoms with Crippen molar-refractivity contribution < 1.29 is 4.74 Å². The monoisotopic (exact) mass is 206 g/mol. The van der Waals surface area contributed by atoms with Crippen molar-refractivity contribution in [3.05, 3.63) is 23.8 Å². The van der Waals surface area contributed by atoms with E-state index in [2.05, 4.69) is 11.8 Å². The van der Waals surface area contributed by atoms with Crippen LogP contribution in [0, 0.1) is 5.92 Å². The number of nitrogens with zero attached hydrogens (tertiary/aromatic N) is 1. The van der Waals surface area contributed by atoms with E-state index in [-0.39, 0.29) is 0 Å². The average molecular weight is 206 g/mol. The molecule has 0 spiro atoms. The first kappa shape index (κ1) is 10.3. The third-order valence-electron chi connectivity index (χ3n) is 2.84. The number of hydrogen-bond donors (Lipinski definition) is 1. The van der Waals surface area contributed by atoms with Crippen molar-refractivity contribution in [2.24, 2.45) is 5.92 Å². The number of likely N-dealkylation sites (tertiary alicyclic amines) is 1. The van der Waals surface area contributed by atoms with Gasteiger partial charge in [-0.25, -0.2) is 0 Å². The average Bonchev–Trinajstić information content (AvgIpc) is 2.16. The maximum atomic E-state index is 5.77. The Labute approximate surface area is 90.8 Å². The van der Waals surface area contributed by atoms with Gasteiger partial charge in [0.25, 0.3) is 0 Å². The van der Waals surface area contributed by atoms with Crippen LogP contribution in [0.2, 0.25) is 0 Å². The Morgan fingerprint density at radius 1 is 1.47 bits per heavy atom. The lowest BCUT2D eigenvalue weighted by Gasteiger charge is -2.37. The summed E-state index contributed by atoms with van der Waals surface area (Å²) >= 11 is 0. The third kappa shape index (κ3) is 2.23. The molecule has 0 unspecified atom stereocenters. The second-order valence-electron chi connectivity index (χ2n) is 4.37. The van der Waals surface area contributed by atoms with Crippen molar-refractivity contribution in [2.45, 2.75) is 13.5 Å². The summed E-state index contributed by atoms with van der Waals surface area (Å²) in [5, 5.41) is 0. The van der Waals surface area contributed by atoms with Crippen molar-refractivity contribution in [3.8, 4) is 5.75 Å². The van der Waals surface area contributed by atoms with E-state index in [1.54, 1.807) is 7.11 Å². The van der Waals surface area contributed by atoms with Crippen LogP contribution in [-0.4, -0.2) is 25.1 Å². The molecule has 3 nitrogen and oxygen atoms in total. The second-order valence-corrected chi connectivity index (χ2v) is 4.37. The first-order chi connectivity index (χ1) is 7.19. The third-order valence-corrected chi connectivity index (χ3v) is 2.84. The summed E-state index contributed by atoms with van der Waals surface area (Å²) in [5.74, 6) is 1.76. The van der Waals surface area contributed by atoms with Gasteiger partial charge in [-0.15, -0.1) is 0 Å². The largest absolute Gasteiger partial charge is 0.496 e. The van der Waals surface area contributed by atoms with Gasteiger partial charge in [0.1, 0.15) is 5.75 Å². The Kier molecular flexibility index (Phi) is 2.82. The Morgan fingerprint density at radius 2 is 2.20 bits per heavy atom. The Balaban J connectivity index is 2.08. The SMILES string of the molecule is COc1ccc(N)cc1CN1CC(C)C1. The van der Waals surface area contributed by atoms with Gasteiger partial charge in [-0.1, -0.05) is 6.92 Å².